The third-order valence-electron chi connectivity index (χ3n) is 4.02. The Kier molecular flexibility index (Phi) is 5.86. The fraction of sp³-hybridized carbons (Fsp3) is 0.929. The Bertz CT molecular complexity index is 205. The Morgan fingerprint density at radius 3 is 2.19 bits per heavy atom. The van der Waals surface area contributed by atoms with Gasteiger partial charge in [0.25, 0.3) is 0 Å². The summed E-state index contributed by atoms with van der Waals surface area (Å²) in [6, 6.07) is 0. The van der Waals surface area contributed by atoms with Crippen molar-refractivity contribution < 1.29 is 9.90 Å². The molecule has 16 heavy (non-hydrogen) atoms. The minimum Gasteiger partial charge on any atom is -0.481 e. The van der Waals surface area contributed by atoms with Gasteiger partial charge in [0, 0.05) is 0 Å². The zero-order valence-electron chi connectivity index (χ0n) is 10.6. The summed E-state index contributed by atoms with van der Waals surface area (Å²) in [7, 11) is 0. The van der Waals surface area contributed by atoms with Gasteiger partial charge in [-0.2, -0.15) is 0 Å². The molecule has 0 amide bonds. The van der Waals surface area contributed by atoms with E-state index in [0.29, 0.717) is 0 Å². The smallest absolute Gasteiger partial charge is 0.309 e. The van der Waals surface area contributed by atoms with Crippen LogP contribution in [0.3, 0.4) is 0 Å². The zero-order chi connectivity index (χ0) is 11.9. The number of carboxylic acids is 1. The molecular weight excluding hydrogens is 200 g/mol. The summed E-state index contributed by atoms with van der Waals surface area (Å²) in [4.78, 5) is 11.3. The van der Waals surface area contributed by atoms with E-state index in [2.05, 4.69) is 6.92 Å². The Morgan fingerprint density at radius 2 is 1.62 bits per heavy atom. The molecule has 94 valence electrons. The number of carbonyl (C=O) groups is 1. The molecule has 0 radical (unpaired) electrons. The first-order valence-corrected chi connectivity index (χ1v) is 6.95. The van der Waals surface area contributed by atoms with Crippen molar-refractivity contribution in [3.63, 3.8) is 0 Å². The SMILES string of the molecule is CCCCCCCCC1(C(=O)O)CCCC1. The molecule has 0 bridgehead atoms. The Labute approximate surface area is 99.4 Å². The number of aliphatic carboxylic acids is 1. The standard InChI is InChI=1S/C14H26O2/c1-2-3-4-5-6-7-10-14(13(15)16)11-8-9-12-14/h2-12H2,1H3,(H,15,16). The van der Waals surface area contributed by atoms with Gasteiger partial charge in [-0.3, -0.25) is 4.79 Å². The van der Waals surface area contributed by atoms with Crippen molar-refractivity contribution in [3.05, 3.63) is 0 Å². The molecule has 1 N–H and O–H groups in total. The van der Waals surface area contributed by atoms with Crippen LogP contribution in [0.4, 0.5) is 0 Å². The zero-order valence-corrected chi connectivity index (χ0v) is 10.6. The topological polar surface area (TPSA) is 37.3 Å². The van der Waals surface area contributed by atoms with Gasteiger partial charge in [0.2, 0.25) is 0 Å². The molecule has 0 aromatic carbocycles. The van der Waals surface area contributed by atoms with E-state index < -0.39 is 5.97 Å². The fourth-order valence-electron chi connectivity index (χ4n) is 2.87. The minimum atomic E-state index is -0.543. The predicted molar refractivity (Wildman–Crippen MR) is 66.5 cm³/mol. The fourth-order valence-corrected chi connectivity index (χ4v) is 2.87. The molecule has 0 aromatic rings. The first-order chi connectivity index (χ1) is 7.71. The van der Waals surface area contributed by atoms with Crippen LogP contribution in [0.25, 0.3) is 0 Å². The van der Waals surface area contributed by atoms with Crippen molar-refractivity contribution in [2.24, 2.45) is 5.41 Å². The third kappa shape index (κ3) is 3.80. The van der Waals surface area contributed by atoms with E-state index >= 15 is 0 Å². The summed E-state index contributed by atoms with van der Waals surface area (Å²) in [5.74, 6) is -0.543. The van der Waals surface area contributed by atoms with E-state index in [4.69, 9.17) is 0 Å². The van der Waals surface area contributed by atoms with Crippen molar-refractivity contribution in [1.29, 1.82) is 0 Å². The van der Waals surface area contributed by atoms with Gasteiger partial charge in [0.1, 0.15) is 0 Å². The summed E-state index contributed by atoms with van der Waals surface area (Å²) < 4.78 is 0. The highest BCUT2D eigenvalue weighted by Crippen LogP contribution is 2.42. The summed E-state index contributed by atoms with van der Waals surface area (Å²) in [5, 5.41) is 9.30. The molecule has 0 unspecified atom stereocenters. The van der Waals surface area contributed by atoms with Crippen LogP contribution < -0.4 is 0 Å². The predicted octanol–water partition coefficient (Wildman–Crippen LogP) is 4.38. The molecule has 1 aliphatic carbocycles. The van der Waals surface area contributed by atoms with Crippen LogP contribution in [-0.2, 0) is 4.79 Å². The number of hydrogen-bond donors (Lipinski definition) is 1. The van der Waals surface area contributed by atoms with E-state index in [-0.39, 0.29) is 5.41 Å². The van der Waals surface area contributed by atoms with Crippen LogP contribution in [0.2, 0.25) is 0 Å². The van der Waals surface area contributed by atoms with Gasteiger partial charge in [-0.15, -0.1) is 0 Å². The van der Waals surface area contributed by atoms with Crippen molar-refractivity contribution in [3.8, 4) is 0 Å². The van der Waals surface area contributed by atoms with Crippen molar-refractivity contribution in [2.75, 3.05) is 0 Å². The maximum Gasteiger partial charge on any atom is 0.309 e. The monoisotopic (exact) mass is 226 g/mol. The van der Waals surface area contributed by atoms with Gasteiger partial charge in [-0.25, -0.2) is 0 Å². The molecule has 1 rings (SSSR count). The van der Waals surface area contributed by atoms with Gasteiger partial charge in [0.05, 0.1) is 5.41 Å². The molecule has 1 saturated carbocycles. The molecular formula is C14H26O2. The summed E-state index contributed by atoms with van der Waals surface area (Å²) in [6.45, 7) is 2.22. The highest BCUT2D eigenvalue weighted by atomic mass is 16.4. The number of hydrogen-bond acceptors (Lipinski definition) is 1. The second kappa shape index (κ2) is 6.93. The van der Waals surface area contributed by atoms with Crippen LogP contribution in [0.15, 0.2) is 0 Å². The minimum absolute atomic E-state index is 0.343. The highest BCUT2D eigenvalue weighted by molar-refractivity contribution is 5.74. The van der Waals surface area contributed by atoms with Crippen molar-refractivity contribution >= 4 is 5.97 Å². The summed E-state index contributed by atoms with van der Waals surface area (Å²) >= 11 is 0. The molecule has 0 aliphatic heterocycles. The normalized spacial score (nSPS) is 18.8. The maximum atomic E-state index is 11.3. The first-order valence-electron chi connectivity index (χ1n) is 6.95. The van der Waals surface area contributed by atoms with Gasteiger partial charge >= 0.3 is 5.97 Å². The molecule has 2 nitrogen and oxygen atoms in total. The lowest BCUT2D eigenvalue weighted by molar-refractivity contribution is -0.149. The van der Waals surface area contributed by atoms with Crippen LogP contribution in [0.1, 0.15) is 77.6 Å². The number of carboxylic acid groups (broad SMARTS) is 1. The Hall–Kier alpha value is -0.530. The molecule has 0 saturated heterocycles. The second-order valence-corrected chi connectivity index (χ2v) is 5.31. The van der Waals surface area contributed by atoms with Crippen LogP contribution in [0, 0.1) is 5.41 Å². The molecule has 1 aliphatic rings. The van der Waals surface area contributed by atoms with E-state index in [9.17, 15) is 9.90 Å². The maximum absolute atomic E-state index is 11.3. The lowest BCUT2D eigenvalue weighted by Gasteiger charge is -2.23. The van der Waals surface area contributed by atoms with Crippen molar-refractivity contribution in [1.82, 2.24) is 0 Å². The average Bonchev–Trinajstić information content (AvgIpc) is 2.73. The average molecular weight is 226 g/mol. The van der Waals surface area contributed by atoms with Crippen LogP contribution >= 0.6 is 0 Å². The molecule has 1 fully saturated rings. The number of rotatable bonds is 8. The molecule has 0 heterocycles. The van der Waals surface area contributed by atoms with E-state index in [0.717, 1.165) is 38.5 Å². The Balaban J connectivity index is 2.16. The quantitative estimate of drug-likeness (QED) is 0.623. The lowest BCUT2D eigenvalue weighted by Crippen LogP contribution is -2.27. The summed E-state index contributed by atoms with van der Waals surface area (Å²) in [5.41, 5.74) is -0.343. The largest absolute Gasteiger partial charge is 0.481 e. The molecule has 0 aromatic heterocycles. The van der Waals surface area contributed by atoms with Crippen LogP contribution in [0.5, 0.6) is 0 Å². The van der Waals surface area contributed by atoms with Gasteiger partial charge in [-0.1, -0.05) is 58.3 Å². The molecule has 2 heteroatoms. The Morgan fingerprint density at radius 1 is 1.06 bits per heavy atom. The number of unbranched alkanes of at least 4 members (excludes halogenated alkanes) is 5. The van der Waals surface area contributed by atoms with E-state index in [1.54, 1.807) is 0 Å². The second-order valence-electron chi connectivity index (χ2n) is 5.31. The van der Waals surface area contributed by atoms with Gasteiger partial charge < -0.3 is 5.11 Å². The first kappa shape index (κ1) is 13.5. The summed E-state index contributed by atoms with van der Waals surface area (Å²) in [6.07, 6.45) is 12.5. The third-order valence-corrected chi connectivity index (χ3v) is 4.02. The van der Waals surface area contributed by atoms with Crippen LogP contribution in [-0.4, -0.2) is 11.1 Å². The lowest BCUT2D eigenvalue weighted by atomic mass is 9.81. The van der Waals surface area contributed by atoms with E-state index in [1.807, 2.05) is 0 Å². The molecule has 0 spiro atoms. The van der Waals surface area contributed by atoms with Gasteiger partial charge in [0.15, 0.2) is 0 Å². The molecule has 0 atom stereocenters. The highest BCUT2D eigenvalue weighted by Gasteiger charge is 2.40. The van der Waals surface area contributed by atoms with Crippen molar-refractivity contribution in [2.45, 2.75) is 77.6 Å². The van der Waals surface area contributed by atoms with E-state index in [1.165, 1.54) is 32.1 Å². The van der Waals surface area contributed by atoms with Gasteiger partial charge in [-0.05, 0) is 19.3 Å².